The van der Waals surface area contributed by atoms with Crippen LogP contribution >= 0.6 is 0 Å². The van der Waals surface area contributed by atoms with Gasteiger partial charge in [0.15, 0.2) is 0 Å². The van der Waals surface area contributed by atoms with Gasteiger partial charge in [-0.05, 0) is 19.1 Å². The molecular weight excluding hydrogens is 240 g/mol. The molecule has 7 heteroatoms. The Kier molecular flexibility index (Phi) is 2.55. The number of hydrogen-bond donors (Lipinski definition) is 4. The fourth-order valence-corrected chi connectivity index (χ4v) is 1.71. The zero-order valence-electron chi connectivity index (χ0n) is 9.35. The van der Waals surface area contributed by atoms with Crippen LogP contribution in [0.25, 0.3) is 0 Å². The summed E-state index contributed by atoms with van der Waals surface area (Å²) < 4.78 is 0. The first-order chi connectivity index (χ1) is 8.35. The lowest BCUT2D eigenvalue weighted by molar-refractivity contribution is -0.155. The minimum Gasteiger partial charge on any atom is -0.508 e. The SMILES string of the molecule is Cc1ccc(O)c(C2(O)C(=O)NC(=O)NC2=O)c1. The highest BCUT2D eigenvalue weighted by molar-refractivity contribution is 6.21. The van der Waals surface area contributed by atoms with E-state index in [1.54, 1.807) is 23.6 Å². The number of phenols is 1. The summed E-state index contributed by atoms with van der Waals surface area (Å²) in [6.07, 6.45) is 0. The molecule has 1 fully saturated rings. The van der Waals surface area contributed by atoms with Gasteiger partial charge in [-0.15, -0.1) is 0 Å². The van der Waals surface area contributed by atoms with Crippen molar-refractivity contribution in [3.05, 3.63) is 29.3 Å². The number of rotatable bonds is 1. The number of imide groups is 2. The maximum atomic E-state index is 11.6. The second kappa shape index (κ2) is 3.81. The van der Waals surface area contributed by atoms with E-state index in [9.17, 15) is 24.6 Å². The van der Waals surface area contributed by atoms with E-state index in [4.69, 9.17) is 0 Å². The van der Waals surface area contributed by atoms with Crippen molar-refractivity contribution in [3.8, 4) is 5.75 Å². The van der Waals surface area contributed by atoms with Crippen LogP contribution in [0.1, 0.15) is 11.1 Å². The van der Waals surface area contributed by atoms with E-state index in [0.29, 0.717) is 5.56 Å². The van der Waals surface area contributed by atoms with Crippen molar-refractivity contribution in [2.75, 3.05) is 0 Å². The number of urea groups is 1. The van der Waals surface area contributed by atoms with E-state index in [2.05, 4.69) is 0 Å². The molecule has 0 aromatic heterocycles. The van der Waals surface area contributed by atoms with Crippen LogP contribution in [0.3, 0.4) is 0 Å². The van der Waals surface area contributed by atoms with Crippen molar-refractivity contribution in [3.63, 3.8) is 0 Å². The van der Waals surface area contributed by atoms with Gasteiger partial charge in [-0.3, -0.25) is 20.2 Å². The number of barbiturate groups is 1. The molecule has 0 bridgehead atoms. The van der Waals surface area contributed by atoms with Gasteiger partial charge in [0.05, 0.1) is 0 Å². The maximum Gasteiger partial charge on any atom is 0.328 e. The van der Waals surface area contributed by atoms with E-state index in [-0.39, 0.29) is 5.56 Å². The number of aryl methyl sites for hydroxylation is 1. The van der Waals surface area contributed by atoms with E-state index in [0.717, 1.165) is 0 Å². The van der Waals surface area contributed by atoms with Crippen LogP contribution in [-0.4, -0.2) is 28.1 Å². The first-order valence-electron chi connectivity index (χ1n) is 5.05. The molecule has 0 unspecified atom stereocenters. The van der Waals surface area contributed by atoms with Crippen LogP contribution in [0.4, 0.5) is 4.79 Å². The number of nitrogens with one attached hydrogen (secondary N) is 2. The lowest BCUT2D eigenvalue weighted by atomic mass is 9.89. The first-order valence-corrected chi connectivity index (χ1v) is 5.05. The third-order valence-electron chi connectivity index (χ3n) is 2.65. The van der Waals surface area contributed by atoms with Crippen molar-refractivity contribution < 1.29 is 24.6 Å². The molecule has 0 atom stereocenters. The number of aromatic hydroxyl groups is 1. The smallest absolute Gasteiger partial charge is 0.328 e. The molecule has 1 saturated heterocycles. The second-order valence-electron chi connectivity index (χ2n) is 3.97. The molecule has 0 spiro atoms. The van der Waals surface area contributed by atoms with Gasteiger partial charge in [0.25, 0.3) is 17.4 Å². The molecule has 1 heterocycles. The molecular formula is C11H10N2O5. The Morgan fingerprint density at radius 1 is 1.11 bits per heavy atom. The topological polar surface area (TPSA) is 116 Å². The summed E-state index contributed by atoms with van der Waals surface area (Å²) in [6, 6.07) is 3.08. The van der Waals surface area contributed by atoms with Gasteiger partial charge in [-0.2, -0.15) is 0 Å². The average Bonchev–Trinajstić information content (AvgIpc) is 2.29. The highest BCUT2D eigenvalue weighted by atomic mass is 16.3. The molecule has 0 aliphatic carbocycles. The van der Waals surface area contributed by atoms with E-state index in [1.165, 1.54) is 12.1 Å². The second-order valence-corrected chi connectivity index (χ2v) is 3.97. The van der Waals surface area contributed by atoms with E-state index < -0.39 is 29.2 Å². The lowest BCUT2D eigenvalue weighted by Crippen LogP contribution is -2.64. The average molecular weight is 250 g/mol. The van der Waals surface area contributed by atoms with E-state index >= 15 is 0 Å². The summed E-state index contributed by atoms with van der Waals surface area (Å²) >= 11 is 0. The number of phenolic OH excluding ortho intramolecular Hbond substituents is 1. The van der Waals surface area contributed by atoms with Crippen LogP contribution in [0.2, 0.25) is 0 Å². The predicted octanol–water partition coefficient (Wildman–Crippen LogP) is -0.746. The minimum absolute atomic E-state index is 0.273. The van der Waals surface area contributed by atoms with Crippen LogP contribution < -0.4 is 10.6 Å². The Morgan fingerprint density at radius 3 is 2.22 bits per heavy atom. The van der Waals surface area contributed by atoms with Gasteiger partial charge in [0, 0.05) is 5.56 Å². The number of hydrogen-bond acceptors (Lipinski definition) is 5. The van der Waals surface area contributed by atoms with Gasteiger partial charge in [-0.25, -0.2) is 4.79 Å². The van der Waals surface area contributed by atoms with Crippen molar-refractivity contribution in [1.82, 2.24) is 10.6 Å². The number of carbonyl (C=O) groups excluding carboxylic acids is 3. The highest BCUT2D eigenvalue weighted by Crippen LogP contribution is 2.31. The minimum atomic E-state index is -2.62. The standard InChI is InChI=1S/C11H10N2O5/c1-5-2-3-7(14)6(4-5)11(18)8(15)12-10(17)13-9(11)16/h2-4,14,18H,1H3,(H2,12,13,15,16,17). The van der Waals surface area contributed by atoms with Crippen molar-refractivity contribution in [2.24, 2.45) is 0 Å². The van der Waals surface area contributed by atoms with Gasteiger partial charge < -0.3 is 10.2 Å². The molecule has 4 amide bonds. The molecule has 1 aliphatic heterocycles. The summed E-state index contributed by atoms with van der Waals surface area (Å²) in [5, 5.41) is 23.4. The van der Waals surface area contributed by atoms with Crippen LogP contribution in [0, 0.1) is 6.92 Å². The molecule has 94 valence electrons. The Balaban J connectivity index is 2.59. The Hall–Kier alpha value is -2.41. The quantitative estimate of drug-likeness (QED) is 0.490. The molecule has 4 N–H and O–H groups in total. The Morgan fingerprint density at radius 2 is 1.67 bits per heavy atom. The van der Waals surface area contributed by atoms with Crippen LogP contribution in [-0.2, 0) is 15.2 Å². The van der Waals surface area contributed by atoms with Crippen LogP contribution in [0.5, 0.6) is 5.75 Å². The molecule has 2 rings (SSSR count). The molecule has 18 heavy (non-hydrogen) atoms. The van der Waals surface area contributed by atoms with Crippen LogP contribution in [0.15, 0.2) is 18.2 Å². The zero-order valence-corrected chi connectivity index (χ0v) is 9.35. The van der Waals surface area contributed by atoms with E-state index in [1.807, 2.05) is 0 Å². The molecule has 7 nitrogen and oxygen atoms in total. The Labute approximate surface area is 101 Å². The predicted molar refractivity (Wildman–Crippen MR) is 58.4 cm³/mol. The highest BCUT2D eigenvalue weighted by Gasteiger charge is 2.51. The van der Waals surface area contributed by atoms with Gasteiger partial charge in [0.1, 0.15) is 5.75 Å². The first kappa shape index (κ1) is 12.1. The van der Waals surface area contributed by atoms with Gasteiger partial charge >= 0.3 is 6.03 Å². The third-order valence-corrected chi connectivity index (χ3v) is 2.65. The number of benzene rings is 1. The van der Waals surface area contributed by atoms with Gasteiger partial charge in [-0.1, -0.05) is 11.6 Å². The van der Waals surface area contributed by atoms with Crippen molar-refractivity contribution in [1.29, 1.82) is 0 Å². The summed E-state index contributed by atoms with van der Waals surface area (Å²) in [5.41, 5.74) is -2.26. The maximum absolute atomic E-state index is 11.6. The molecule has 0 radical (unpaired) electrons. The number of carbonyl (C=O) groups is 3. The fraction of sp³-hybridized carbons (Fsp3) is 0.182. The number of aliphatic hydroxyl groups is 1. The lowest BCUT2D eigenvalue weighted by Gasteiger charge is -2.29. The monoisotopic (exact) mass is 250 g/mol. The molecule has 0 saturated carbocycles. The van der Waals surface area contributed by atoms with Crippen molar-refractivity contribution in [2.45, 2.75) is 12.5 Å². The third kappa shape index (κ3) is 1.61. The fourth-order valence-electron chi connectivity index (χ4n) is 1.71. The zero-order chi connectivity index (χ0) is 13.5. The summed E-state index contributed by atoms with van der Waals surface area (Å²) in [5.74, 6) is -2.81. The summed E-state index contributed by atoms with van der Waals surface area (Å²) in [6.45, 7) is 1.66. The van der Waals surface area contributed by atoms with Crippen molar-refractivity contribution >= 4 is 17.8 Å². The largest absolute Gasteiger partial charge is 0.508 e. The van der Waals surface area contributed by atoms with Gasteiger partial charge in [0.2, 0.25) is 0 Å². The molecule has 1 aromatic rings. The summed E-state index contributed by atoms with van der Waals surface area (Å²) in [4.78, 5) is 34.2. The summed E-state index contributed by atoms with van der Waals surface area (Å²) in [7, 11) is 0. The Bertz CT molecular complexity index is 547. The normalized spacial score (nSPS) is 18.2. The molecule has 1 aromatic carbocycles. The number of amides is 4. The molecule has 1 aliphatic rings.